The minimum Gasteiger partial charge on any atom is -0.397 e. The largest absolute Gasteiger partial charge is 0.397 e. The second-order valence-electron chi connectivity index (χ2n) is 7.74. The molecule has 3 aromatic rings. The molecule has 0 heterocycles. The van der Waals surface area contributed by atoms with Gasteiger partial charge in [0, 0.05) is 12.1 Å². The van der Waals surface area contributed by atoms with Crippen LogP contribution in [0.1, 0.15) is 35.6 Å². The average Bonchev–Trinajstić information content (AvgIpc) is 2.74. The third-order valence-corrected chi connectivity index (χ3v) is 5.54. The number of rotatable bonds is 6. The number of hydrogen-bond donors (Lipinski definition) is 2. The first-order chi connectivity index (χ1) is 14.1. The van der Waals surface area contributed by atoms with E-state index >= 15 is 0 Å². The van der Waals surface area contributed by atoms with Crippen LogP contribution in [0.2, 0.25) is 0 Å². The van der Waals surface area contributed by atoms with Gasteiger partial charge >= 0.3 is 0 Å². The van der Waals surface area contributed by atoms with Crippen LogP contribution in [0.3, 0.4) is 0 Å². The Morgan fingerprint density at radius 2 is 1.83 bits per heavy atom. The van der Waals surface area contributed by atoms with Gasteiger partial charge < -0.3 is 11.1 Å². The highest BCUT2D eigenvalue weighted by molar-refractivity contribution is 5.75. The van der Waals surface area contributed by atoms with Gasteiger partial charge in [-0.15, -0.1) is 0 Å². The van der Waals surface area contributed by atoms with Gasteiger partial charge in [0.1, 0.15) is 0 Å². The van der Waals surface area contributed by atoms with Gasteiger partial charge in [0.05, 0.1) is 11.4 Å². The van der Waals surface area contributed by atoms with E-state index in [0.717, 1.165) is 42.8 Å². The highest BCUT2D eigenvalue weighted by Gasteiger charge is 2.10. The molecular weight excluding hydrogens is 352 g/mol. The lowest BCUT2D eigenvalue weighted by Crippen LogP contribution is -2.06. The van der Waals surface area contributed by atoms with Gasteiger partial charge in [-0.3, -0.25) is 0 Å². The Labute approximate surface area is 173 Å². The first-order valence-electron chi connectivity index (χ1n) is 10.3. The molecule has 0 saturated heterocycles. The molecule has 1 aliphatic rings. The van der Waals surface area contributed by atoms with E-state index in [2.05, 4.69) is 91.6 Å². The molecule has 0 aliphatic heterocycles. The highest BCUT2D eigenvalue weighted by Crippen LogP contribution is 2.30. The first-order valence-corrected chi connectivity index (χ1v) is 10.3. The topological polar surface area (TPSA) is 38.0 Å². The Bertz CT molecular complexity index is 1060. The first kappa shape index (κ1) is 19.1. The van der Waals surface area contributed by atoms with E-state index in [9.17, 15) is 0 Å². The van der Waals surface area contributed by atoms with E-state index in [0.29, 0.717) is 0 Å². The number of hydrogen-bond acceptors (Lipinski definition) is 2. The number of nitrogen functional groups attached to an aromatic ring is 1. The Morgan fingerprint density at radius 1 is 1.00 bits per heavy atom. The summed E-state index contributed by atoms with van der Waals surface area (Å²) in [6.07, 6.45) is 8.36. The summed E-state index contributed by atoms with van der Waals surface area (Å²) in [6, 6.07) is 21.7. The van der Waals surface area contributed by atoms with Crippen molar-refractivity contribution in [2.75, 3.05) is 11.1 Å². The molecule has 0 radical (unpaired) electrons. The number of nitrogens with one attached hydrogen (secondary N) is 1. The van der Waals surface area contributed by atoms with Gasteiger partial charge in [0.25, 0.3) is 0 Å². The third kappa shape index (κ3) is 4.43. The van der Waals surface area contributed by atoms with Crippen LogP contribution in [0.5, 0.6) is 0 Å². The molecule has 0 fully saturated rings. The highest BCUT2D eigenvalue weighted by atomic mass is 14.9. The summed E-state index contributed by atoms with van der Waals surface area (Å²) in [4.78, 5) is 0. The molecule has 0 unspecified atom stereocenters. The van der Waals surface area contributed by atoms with Gasteiger partial charge in [-0.25, -0.2) is 0 Å². The SMILES string of the molecule is C=C(Cc1cccc(-c2ccc(CC)cc2)c1)Nc1cc2c(cc1N)CCC=C2. The summed E-state index contributed by atoms with van der Waals surface area (Å²) in [5, 5.41) is 3.43. The van der Waals surface area contributed by atoms with Crippen LogP contribution in [-0.4, -0.2) is 0 Å². The van der Waals surface area contributed by atoms with Crippen LogP contribution in [0.4, 0.5) is 11.4 Å². The Hall–Kier alpha value is -3.26. The van der Waals surface area contributed by atoms with Crippen LogP contribution in [0, 0.1) is 0 Å². The Morgan fingerprint density at radius 3 is 2.62 bits per heavy atom. The number of nitrogens with two attached hydrogens (primary N) is 1. The van der Waals surface area contributed by atoms with Crippen LogP contribution in [-0.2, 0) is 19.3 Å². The summed E-state index contributed by atoms with van der Waals surface area (Å²) in [5.41, 5.74) is 16.6. The second kappa shape index (κ2) is 8.40. The summed E-state index contributed by atoms with van der Waals surface area (Å²) >= 11 is 0. The molecule has 0 spiro atoms. The molecule has 0 aromatic heterocycles. The lowest BCUT2D eigenvalue weighted by atomic mass is 9.96. The molecule has 3 aromatic carbocycles. The molecule has 0 saturated carbocycles. The Kier molecular flexibility index (Phi) is 5.53. The van der Waals surface area contributed by atoms with Crippen molar-refractivity contribution >= 4 is 17.5 Å². The van der Waals surface area contributed by atoms with Gasteiger partial charge in [0.2, 0.25) is 0 Å². The van der Waals surface area contributed by atoms with Gasteiger partial charge in [-0.2, -0.15) is 0 Å². The zero-order chi connectivity index (χ0) is 20.2. The normalized spacial score (nSPS) is 12.4. The number of allylic oxidation sites excluding steroid dienone is 2. The van der Waals surface area contributed by atoms with Gasteiger partial charge in [0.15, 0.2) is 0 Å². The van der Waals surface area contributed by atoms with Crippen LogP contribution >= 0.6 is 0 Å². The van der Waals surface area contributed by atoms with Crippen molar-refractivity contribution in [3.63, 3.8) is 0 Å². The Balaban J connectivity index is 1.48. The number of aryl methyl sites for hydroxylation is 2. The fourth-order valence-corrected chi connectivity index (χ4v) is 3.88. The minimum atomic E-state index is 0.757. The van der Waals surface area contributed by atoms with E-state index in [4.69, 9.17) is 5.73 Å². The maximum absolute atomic E-state index is 6.28. The maximum atomic E-state index is 6.28. The van der Waals surface area contributed by atoms with Crippen molar-refractivity contribution in [2.24, 2.45) is 0 Å². The molecule has 29 heavy (non-hydrogen) atoms. The zero-order valence-corrected chi connectivity index (χ0v) is 17.0. The maximum Gasteiger partial charge on any atom is 0.0621 e. The molecule has 1 aliphatic carbocycles. The number of benzene rings is 3. The van der Waals surface area contributed by atoms with Crippen LogP contribution < -0.4 is 11.1 Å². The smallest absolute Gasteiger partial charge is 0.0621 e. The molecular formula is C27H28N2. The standard InChI is InChI=1S/C27H28N2/c1-3-20-11-13-22(14-12-20)23-10-6-7-21(16-23)15-19(2)29-27-18-25-9-5-4-8-24(25)17-26(27)28/h5-7,9-14,16-18,29H,2-4,8,15,28H2,1H3. The van der Waals surface area contributed by atoms with E-state index in [1.54, 1.807) is 0 Å². The number of fused-ring (bicyclic) bond motifs is 1. The predicted octanol–water partition coefficient (Wildman–Crippen LogP) is 6.63. The molecule has 2 heteroatoms. The fraction of sp³-hybridized carbons (Fsp3) is 0.185. The predicted molar refractivity (Wildman–Crippen MR) is 126 cm³/mol. The van der Waals surface area contributed by atoms with Crippen molar-refractivity contribution < 1.29 is 0 Å². The van der Waals surface area contributed by atoms with Crippen molar-refractivity contribution in [3.8, 4) is 11.1 Å². The lowest BCUT2D eigenvalue weighted by Gasteiger charge is -2.17. The van der Waals surface area contributed by atoms with Crippen LogP contribution in [0.25, 0.3) is 17.2 Å². The summed E-state index contributed by atoms with van der Waals surface area (Å²) in [5.74, 6) is 0. The zero-order valence-electron chi connectivity index (χ0n) is 17.0. The molecule has 4 rings (SSSR count). The van der Waals surface area contributed by atoms with Crippen molar-refractivity contribution in [2.45, 2.75) is 32.6 Å². The van der Waals surface area contributed by atoms with Gasteiger partial charge in [-0.1, -0.05) is 74.2 Å². The number of anilines is 2. The molecule has 0 amide bonds. The monoisotopic (exact) mass is 380 g/mol. The molecule has 146 valence electrons. The van der Waals surface area contributed by atoms with E-state index in [-0.39, 0.29) is 0 Å². The third-order valence-electron chi connectivity index (χ3n) is 5.54. The van der Waals surface area contributed by atoms with Crippen molar-refractivity contribution in [1.29, 1.82) is 0 Å². The fourth-order valence-electron chi connectivity index (χ4n) is 3.88. The average molecular weight is 381 g/mol. The quantitative estimate of drug-likeness (QED) is 0.471. The van der Waals surface area contributed by atoms with Crippen LogP contribution in [0.15, 0.2) is 79.0 Å². The summed E-state index contributed by atoms with van der Waals surface area (Å²) < 4.78 is 0. The summed E-state index contributed by atoms with van der Waals surface area (Å²) in [7, 11) is 0. The second-order valence-corrected chi connectivity index (χ2v) is 7.74. The molecule has 2 nitrogen and oxygen atoms in total. The van der Waals surface area contributed by atoms with E-state index in [1.165, 1.54) is 33.4 Å². The molecule has 0 atom stereocenters. The van der Waals surface area contributed by atoms with Crippen molar-refractivity contribution in [1.82, 2.24) is 0 Å². The molecule has 0 bridgehead atoms. The van der Waals surface area contributed by atoms with Gasteiger partial charge in [-0.05, 0) is 64.8 Å². The lowest BCUT2D eigenvalue weighted by molar-refractivity contribution is 0.986. The van der Waals surface area contributed by atoms with E-state index in [1.807, 2.05) is 0 Å². The van der Waals surface area contributed by atoms with Crippen molar-refractivity contribution in [3.05, 3.63) is 101 Å². The molecule has 3 N–H and O–H groups in total. The summed E-state index contributed by atoms with van der Waals surface area (Å²) in [6.45, 7) is 6.42. The van der Waals surface area contributed by atoms with E-state index < -0.39 is 0 Å². The minimum absolute atomic E-state index is 0.757.